The summed E-state index contributed by atoms with van der Waals surface area (Å²) in [5, 5.41) is 0. The monoisotopic (exact) mass is 402 g/mol. The second-order valence-electron chi connectivity index (χ2n) is 4.04. The van der Waals surface area contributed by atoms with Crippen LogP contribution in [0, 0.1) is 5.92 Å². The zero-order chi connectivity index (χ0) is 12.6. The van der Waals surface area contributed by atoms with Gasteiger partial charge in [0.2, 0.25) is 10.0 Å². The predicted octanol–water partition coefficient (Wildman–Crippen LogP) is 2.29. The second-order valence-corrected chi connectivity index (χ2v) is 9.53. The highest BCUT2D eigenvalue weighted by Crippen LogP contribution is 2.35. The van der Waals surface area contributed by atoms with Gasteiger partial charge in [0.15, 0.2) is 0 Å². The molecule has 0 saturated heterocycles. The van der Waals surface area contributed by atoms with Crippen LogP contribution in [0.1, 0.15) is 12.8 Å². The van der Waals surface area contributed by atoms with Crippen LogP contribution < -0.4 is 10.5 Å². The summed E-state index contributed by atoms with van der Waals surface area (Å²) in [4.78, 5) is 0.261. The molecule has 0 bridgehead atoms. The Morgan fingerprint density at radius 1 is 1.53 bits per heavy atom. The van der Waals surface area contributed by atoms with Gasteiger partial charge < -0.3 is 5.73 Å². The van der Waals surface area contributed by atoms with Gasteiger partial charge in [-0.1, -0.05) is 0 Å². The van der Waals surface area contributed by atoms with Gasteiger partial charge in [-0.2, -0.15) is 0 Å². The van der Waals surface area contributed by atoms with Gasteiger partial charge in [-0.25, -0.2) is 13.1 Å². The quantitative estimate of drug-likeness (QED) is 0.792. The molecule has 1 unspecified atom stereocenters. The average Bonchev–Trinajstić information content (AvgIpc) is 3.01. The van der Waals surface area contributed by atoms with E-state index in [1.807, 2.05) is 0 Å². The molecule has 0 radical (unpaired) electrons. The molecule has 1 aliphatic rings. The van der Waals surface area contributed by atoms with Gasteiger partial charge in [0.1, 0.15) is 4.90 Å². The Balaban J connectivity index is 2.05. The number of hydrogen-bond donors (Lipinski definition) is 2. The number of rotatable bonds is 5. The highest BCUT2D eigenvalue weighted by atomic mass is 79.9. The van der Waals surface area contributed by atoms with Crippen molar-refractivity contribution in [1.82, 2.24) is 4.72 Å². The van der Waals surface area contributed by atoms with Crippen molar-refractivity contribution >= 4 is 53.2 Å². The summed E-state index contributed by atoms with van der Waals surface area (Å²) in [5.41, 5.74) is 5.86. The lowest BCUT2D eigenvalue weighted by atomic mass is 10.2. The molecule has 0 spiro atoms. The Morgan fingerprint density at radius 2 is 2.18 bits per heavy atom. The van der Waals surface area contributed by atoms with E-state index in [0.29, 0.717) is 16.2 Å². The highest BCUT2D eigenvalue weighted by Gasteiger charge is 2.30. The smallest absolute Gasteiger partial charge is 0.242 e. The van der Waals surface area contributed by atoms with E-state index in [1.165, 1.54) is 11.3 Å². The van der Waals surface area contributed by atoms with Gasteiger partial charge in [-0.3, -0.25) is 0 Å². The maximum atomic E-state index is 12.0. The first-order valence-electron chi connectivity index (χ1n) is 5.10. The molecule has 1 aromatic rings. The van der Waals surface area contributed by atoms with Gasteiger partial charge in [-0.15, -0.1) is 11.3 Å². The molecule has 4 nitrogen and oxygen atoms in total. The number of sulfonamides is 1. The Labute approximate surface area is 121 Å². The largest absolute Gasteiger partial charge is 0.326 e. The fourth-order valence-electron chi connectivity index (χ4n) is 1.48. The Morgan fingerprint density at radius 3 is 2.65 bits per heavy atom. The van der Waals surface area contributed by atoms with Gasteiger partial charge in [0.05, 0.1) is 7.57 Å². The van der Waals surface area contributed by atoms with Gasteiger partial charge in [0, 0.05) is 12.6 Å². The lowest BCUT2D eigenvalue weighted by molar-refractivity contribution is 0.547. The molecule has 3 N–H and O–H groups in total. The summed E-state index contributed by atoms with van der Waals surface area (Å²) in [6.45, 7) is 0.299. The third kappa shape index (κ3) is 3.51. The first kappa shape index (κ1) is 14.0. The molecule has 96 valence electrons. The summed E-state index contributed by atoms with van der Waals surface area (Å²) >= 11 is 7.83. The highest BCUT2D eigenvalue weighted by molar-refractivity contribution is 9.12. The minimum absolute atomic E-state index is 0.0781. The van der Waals surface area contributed by atoms with E-state index in [-0.39, 0.29) is 10.9 Å². The van der Waals surface area contributed by atoms with Crippen LogP contribution >= 0.6 is 43.2 Å². The molecule has 0 aromatic carbocycles. The summed E-state index contributed by atoms with van der Waals surface area (Å²) < 4.78 is 27.9. The molecule has 1 heterocycles. The van der Waals surface area contributed by atoms with E-state index in [4.69, 9.17) is 5.73 Å². The van der Waals surface area contributed by atoms with Crippen molar-refractivity contribution in [2.45, 2.75) is 23.8 Å². The lowest BCUT2D eigenvalue weighted by Crippen LogP contribution is -2.38. The van der Waals surface area contributed by atoms with Crippen LogP contribution in [-0.4, -0.2) is 21.0 Å². The molecule has 1 saturated carbocycles. The number of hydrogen-bond acceptors (Lipinski definition) is 4. The van der Waals surface area contributed by atoms with Crippen molar-refractivity contribution in [2.75, 3.05) is 6.54 Å². The Kier molecular flexibility index (Phi) is 4.32. The van der Waals surface area contributed by atoms with Crippen molar-refractivity contribution in [3.05, 3.63) is 13.6 Å². The van der Waals surface area contributed by atoms with Crippen LogP contribution in [0.5, 0.6) is 0 Å². The van der Waals surface area contributed by atoms with Crippen LogP contribution in [0.25, 0.3) is 0 Å². The fourth-order valence-corrected chi connectivity index (χ4v) is 6.37. The molecule has 0 amide bonds. The molecular weight excluding hydrogens is 392 g/mol. The molecule has 1 fully saturated rings. The molecule has 8 heteroatoms. The average molecular weight is 404 g/mol. The number of nitrogens with one attached hydrogen (secondary N) is 1. The fraction of sp³-hybridized carbons (Fsp3) is 0.556. The van der Waals surface area contributed by atoms with Crippen LogP contribution in [-0.2, 0) is 10.0 Å². The van der Waals surface area contributed by atoms with Crippen LogP contribution in [0.15, 0.2) is 18.5 Å². The summed E-state index contributed by atoms with van der Waals surface area (Å²) in [6.07, 6.45) is 2.22. The van der Waals surface area contributed by atoms with Crippen LogP contribution in [0.2, 0.25) is 0 Å². The third-order valence-electron chi connectivity index (χ3n) is 2.65. The minimum Gasteiger partial charge on any atom is -0.326 e. The number of halogens is 2. The molecular formula is C9H12Br2N2O2S2. The molecule has 1 atom stereocenters. The zero-order valence-corrected chi connectivity index (χ0v) is 13.6. The van der Waals surface area contributed by atoms with Crippen LogP contribution in [0.3, 0.4) is 0 Å². The van der Waals surface area contributed by atoms with E-state index >= 15 is 0 Å². The molecule has 1 aliphatic carbocycles. The Bertz CT molecular complexity index is 511. The number of thiophene rings is 1. The second kappa shape index (κ2) is 5.26. The first-order chi connectivity index (χ1) is 7.90. The molecule has 2 rings (SSSR count). The van der Waals surface area contributed by atoms with Crippen molar-refractivity contribution in [3.63, 3.8) is 0 Å². The maximum Gasteiger partial charge on any atom is 0.242 e. The zero-order valence-electron chi connectivity index (χ0n) is 8.82. The van der Waals surface area contributed by atoms with Gasteiger partial charge >= 0.3 is 0 Å². The van der Waals surface area contributed by atoms with Crippen molar-refractivity contribution in [1.29, 1.82) is 0 Å². The van der Waals surface area contributed by atoms with E-state index < -0.39 is 10.0 Å². The van der Waals surface area contributed by atoms with E-state index in [9.17, 15) is 8.42 Å². The molecule has 0 aliphatic heterocycles. The third-order valence-corrected chi connectivity index (χ3v) is 6.83. The Hall–Kier alpha value is 0.530. The summed E-state index contributed by atoms with van der Waals surface area (Å²) in [7, 11) is -3.47. The topological polar surface area (TPSA) is 72.2 Å². The minimum atomic E-state index is -3.47. The van der Waals surface area contributed by atoms with Gasteiger partial charge in [0.25, 0.3) is 0 Å². The lowest BCUT2D eigenvalue weighted by Gasteiger charge is -2.11. The standard InChI is InChI=1S/C9H12Br2N2O2S2/c10-8-3-7(9(11)16-8)17(14,15)13-4-6(12)5-1-2-5/h3,5-6,13H,1-2,4,12H2. The molecule has 17 heavy (non-hydrogen) atoms. The van der Waals surface area contributed by atoms with Crippen molar-refractivity contribution in [3.8, 4) is 0 Å². The maximum absolute atomic E-state index is 12.0. The number of nitrogens with two attached hydrogens (primary N) is 1. The van der Waals surface area contributed by atoms with Gasteiger partial charge in [-0.05, 0) is 56.7 Å². The SMILES string of the molecule is NC(CNS(=O)(=O)c1cc(Br)sc1Br)C1CC1. The summed E-state index contributed by atoms with van der Waals surface area (Å²) in [6, 6.07) is 1.50. The summed E-state index contributed by atoms with van der Waals surface area (Å²) in [5.74, 6) is 0.482. The van der Waals surface area contributed by atoms with E-state index in [1.54, 1.807) is 6.07 Å². The molecule has 1 aromatic heterocycles. The normalized spacial score (nSPS) is 18.3. The van der Waals surface area contributed by atoms with E-state index in [2.05, 4.69) is 36.6 Å². The van der Waals surface area contributed by atoms with Crippen molar-refractivity contribution in [2.24, 2.45) is 11.7 Å². The van der Waals surface area contributed by atoms with Crippen molar-refractivity contribution < 1.29 is 8.42 Å². The van der Waals surface area contributed by atoms with Crippen LogP contribution in [0.4, 0.5) is 0 Å². The van der Waals surface area contributed by atoms with E-state index in [0.717, 1.165) is 16.6 Å². The predicted molar refractivity (Wildman–Crippen MR) is 75.6 cm³/mol. The first-order valence-corrected chi connectivity index (χ1v) is 8.99.